The number of carbonyl (C=O) groups is 6. The Labute approximate surface area is 349 Å². The number of hydrogen-bond acceptors (Lipinski definition) is 9. The molecule has 0 saturated heterocycles. The lowest BCUT2D eigenvalue weighted by Crippen LogP contribution is -2.22. The minimum Gasteiger partial charge on any atom is -0.426 e. The number of hydrogen-bond donors (Lipinski definition) is 3. The van der Waals surface area contributed by atoms with Gasteiger partial charge in [-0.25, -0.2) is 0 Å². The van der Waals surface area contributed by atoms with Crippen molar-refractivity contribution in [2.45, 2.75) is 96.3 Å². The van der Waals surface area contributed by atoms with Crippen molar-refractivity contribution in [3.8, 4) is 17.2 Å². The van der Waals surface area contributed by atoms with E-state index in [9.17, 15) is 28.8 Å². The number of rotatable bonds is 12. The lowest BCUT2D eigenvalue weighted by atomic mass is 9.89. The quantitative estimate of drug-likeness (QED) is 0.0932. The molecule has 3 fully saturated rings. The lowest BCUT2D eigenvalue weighted by Gasteiger charge is -2.19. The average molecular weight is 814 g/mol. The van der Waals surface area contributed by atoms with Gasteiger partial charge in [-0.15, -0.1) is 0 Å². The summed E-state index contributed by atoms with van der Waals surface area (Å²) in [5.41, 5.74) is 1.34. The van der Waals surface area contributed by atoms with E-state index in [-0.39, 0.29) is 52.4 Å². The number of ether oxygens (including phenoxy) is 3. The Hall–Kier alpha value is -6.30. The summed E-state index contributed by atoms with van der Waals surface area (Å²) in [5, 5.41) is 8.40. The molecule has 4 aromatic carbocycles. The van der Waals surface area contributed by atoms with E-state index >= 15 is 0 Å². The maximum absolute atomic E-state index is 13.7. The van der Waals surface area contributed by atoms with Crippen molar-refractivity contribution in [1.29, 1.82) is 0 Å². The van der Waals surface area contributed by atoms with Crippen LogP contribution >= 0.6 is 0 Å². The van der Waals surface area contributed by atoms with Crippen LogP contribution in [0.5, 0.6) is 17.2 Å². The highest BCUT2D eigenvalue weighted by atomic mass is 16.5. The predicted octanol–water partition coefficient (Wildman–Crippen LogP) is 9.90. The molecule has 0 aromatic heterocycles. The summed E-state index contributed by atoms with van der Waals surface area (Å²) >= 11 is 0. The number of esters is 3. The highest BCUT2D eigenvalue weighted by Gasteiger charge is 2.26. The van der Waals surface area contributed by atoms with E-state index in [1.807, 2.05) is 0 Å². The van der Waals surface area contributed by atoms with Crippen LogP contribution in [0.3, 0.4) is 0 Å². The van der Waals surface area contributed by atoms with Gasteiger partial charge in [-0.2, -0.15) is 0 Å². The Kier molecular flexibility index (Phi) is 14.0. The molecule has 0 bridgehead atoms. The SMILES string of the molecule is O=C(Nc1ccc(OC(=O)C2CCCCC2)cc1)c1cc(C(=O)Nc2ccc(OC(=O)C3CCCCC3)cc2)cc(C(=O)Nc2ccc(OC(=O)C3CCCCC3)cc2)c1. The van der Waals surface area contributed by atoms with Crippen molar-refractivity contribution in [3.05, 3.63) is 108 Å². The molecule has 312 valence electrons. The molecule has 4 aromatic rings. The van der Waals surface area contributed by atoms with Crippen LogP contribution in [0.25, 0.3) is 0 Å². The third kappa shape index (κ3) is 11.5. The lowest BCUT2D eigenvalue weighted by molar-refractivity contribution is -0.140. The minimum absolute atomic E-state index is 0.0375. The highest BCUT2D eigenvalue weighted by molar-refractivity contribution is 6.13. The van der Waals surface area contributed by atoms with Gasteiger partial charge in [-0.05, 0) is 130 Å². The van der Waals surface area contributed by atoms with Crippen molar-refractivity contribution in [2.75, 3.05) is 16.0 Å². The van der Waals surface area contributed by atoms with E-state index in [1.54, 1.807) is 72.8 Å². The average Bonchev–Trinajstić information content (AvgIpc) is 3.29. The summed E-state index contributed by atoms with van der Waals surface area (Å²) in [6.07, 6.45) is 14.3. The molecule has 0 radical (unpaired) electrons. The molecule has 0 atom stereocenters. The molecule has 12 nitrogen and oxygen atoms in total. The molecule has 3 N–H and O–H groups in total. The van der Waals surface area contributed by atoms with Crippen LogP contribution < -0.4 is 30.2 Å². The number of carbonyl (C=O) groups excluding carboxylic acids is 6. The van der Waals surface area contributed by atoms with Crippen LogP contribution in [-0.2, 0) is 14.4 Å². The van der Waals surface area contributed by atoms with Crippen LogP contribution in [0.2, 0.25) is 0 Å². The number of benzene rings is 4. The Morgan fingerprint density at radius 1 is 0.350 bits per heavy atom. The summed E-state index contributed by atoms with van der Waals surface area (Å²) in [4.78, 5) is 79.0. The maximum Gasteiger partial charge on any atom is 0.314 e. The summed E-state index contributed by atoms with van der Waals surface area (Å²) in [5.74, 6) is -1.75. The first-order valence-corrected chi connectivity index (χ1v) is 21.2. The van der Waals surface area contributed by atoms with Gasteiger partial charge >= 0.3 is 17.9 Å². The molecule has 3 saturated carbocycles. The van der Waals surface area contributed by atoms with Crippen LogP contribution in [0.15, 0.2) is 91.0 Å². The van der Waals surface area contributed by atoms with E-state index in [0.717, 1.165) is 96.3 Å². The summed E-state index contributed by atoms with van der Waals surface area (Å²) in [7, 11) is 0. The van der Waals surface area contributed by atoms with Gasteiger partial charge in [-0.1, -0.05) is 57.8 Å². The second-order valence-electron chi connectivity index (χ2n) is 16.0. The van der Waals surface area contributed by atoms with Gasteiger partial charge in [0.25, 0.3) is 17.7 Å². The van der Waals surface area contributed by atoms with Crippen molar-refractivity contribution >= 4 is 52.7 Å². The molecule has 12 heteroatoms. The third-order valence-corrected chi connectivity index (χ3v) is 11.5. The second kappa shape index (κ2) is 20.1. The van der Waals surface area contributed by atoms with Gasteiger partial charge in [0.2, 0.25) is 0 Å². The third-order valence-electron chi connectivity index (χ3n) is 11.5. The molecule has 3 amide bonds. The molecule has 0 unspecified atom stereocenters. The molecule has 7 rings (SSSR count). The van der Waals surface area contributed by atoms with Crippen molar-refractivity contribution in [1.82, 2.24) is 0 Å². The molecule has 0 spiro atoms. The first-order chi connectivity index (χ1) is 29.2. The number of anilines is 3. The van der Waals surface area contributed by atoms with Crippen molar-refractivity contribution in [3.63, 3.8) is 0 Å². The molecular weight excluding hydrogens is 763 g/mol. The van der Waals surface area contributed by atoms with Crippen LogP contribution in [0.4, 0.5) is 17.1 Å². The first-order valence-electron chi connectivity index (χ1n) is 21.2. The van der Waals surface area contributed by atoms with E-state index < -0.39 is 17.7 Å². The Balaban J connectivity index is 1.04. The van der Waals surface area contributed by atoms with Crippen LogP contribution in [0.1, 0.15) is 127 Å². The highest BCUT2D eigenvalue weighted by Crippen LogP contribution is 2.29. The fourth-order valence-electron chi connectivity index (χ4n) is 8.06. The van der Waals surface area contributed by atoms with E-state index in [2.05, 4.69) is 16.0 Å². The smallest absolute Gasteiger partial charge is 0.314 e. The van der Waals surface area contributed by atoms with Gasteiger partial charge in [0.15, 0.2) is 0 Å². The second-order valence-corrected chi connectivity index (χ2v) is 16.0. The monoisotopic (exact) mass is 813 g/mol. The van der Waals surface area contributed by atoms with E-state index in [1.165, 1.54) is 18.2 Å². The van der Waals surface area contributed by atoms with Crippen molar-refractivity contribution < 1.29 is 43.0 Å². The van der Waals surface area contributed by atoms with Gasteiger partial charge in [0.1, 0.15) is 17.2 Å². The van der Waals surface area contributed by atoms with Crippen LogP contribution in [-0.4, -0.2) is 35.6 Å². The molecule has 0 aliphatic heterocycles. The summed E-state index contributed by atoms with van der Waals surface area (Å²) in [6.45, 7) is 0. The zero-order valence-corrected chi connectivity index (χ0v) is 33.7. The summed E-state index contributed by atoms with van der Waals surface area (Å²) in [6, 6.07) is 23.4. The zero-order valence-electron chi connectivity index (χ0n) is 33.7. The Bertz CT molecular complexity index is 1910. The largest absolute Gasteiger partial charge is 0.426 e. The Morgan fingerprint density at radius 3 is 0.817 bits per heavy atom. The fourth-order valence-corrected chi connectivity index (χ4v) is 8.06. The number of nitrogens with one attached hydrogen (secondary N) is 3. The zero-order chi connectivity index (χ0) is 41.8. The van der Waals surface area contributed by atoms with Gasteiger partial charge in [0, 0.05) is 33.8 Å². The first kappa shape index (κ1) is 41.8. The van der Waals surface area contributed by atoms with E-state index in [4.69, 9.17) is 14.2 Å². The van der Waals surface area contributed by atoms with Gasteiger partial charge in [-0.3, -0.25) is 28.8 Å². The normalized spacial score (nSPS) is 16.2. The predicted molar refractivity (Wildman–Crippen MR) is 226 cm³/mol. The standard InChI is InChI=1S/C48H51N3O9/c52-43(49-37-16-22-40(23-17-37)58-46(55)31-10-4-1-5-11-31)34-28-35(44(53)50-38-18-24-41(25-19-38)59-47(56)32-12-6-2-7-13-32)30-36(29-34)45(54)51-39-20-26-42(27-21-39)60-48(57)33-14-8-3-9-15-33/h16-33H,1-15H2,(H,49,52)(H,50,53)(H,51,54). The van der Waals surface area contributed by atoms with Gasteiger partial charge < -0.3 is 30.2 Å². The fraction of sp³-hybridized carbons (Fsp3) is 0.375. The minimum atomic E-state index is -0.584. The summed E-state index contributed by atoms with van der Waals surface area (Å²) < 4.78 is 16.8. The molecule has 0 heterocycles. The molecule has 3 aliphatic carbocycles. The molecule has 3 aliphatic rings. The maximum atomic E-state index is 13.7. The van der Waals surface area contributed by atoms with Gasteiger partial charge in [0.05, 0.1) is 17.8 Å². The number of amides is 3. The van der Waals surface area contributed by atoms with E-state index in [0.29, 0.717) is 34.3 Å². The Morgan fingerprint density at radius 2 is 0.583 bits per heavy atom. The molecule has 60 heavy (non-hydrogen) atoms. The topological polar surface area (TPSA) is 166 Å². The molecular formula is C48H51N3O9. The van der Waals surface area contributed by atoms with Crippen LogP contribution in [0, 0.1) is 17.8 Å². The van der Waals surface area contributed by atoms with Crippen molar-refractivity contribution in [2.24, 2.45) is 17.8 Å².